The Balaban J connectivity index is 2.11. The Morgan fingerprint density at radius 1 is 1.38 bits per heavy atom. The lowest BCUT2D eigenvalue weighted by atomic mass is 10.1. The van der Waals surface area contributed by atoms with Gasteiger partial charge in [0, 0.05) is 37.2 Å². The van der Waals surface area contributed by atoms with Gasteiger partial charge in [0.05, 0.1) is 14.2 Å². The zero-order valence-electron chi connectivity index (χ0n) is 12.4. The number of thioether (sulfide) groups is 1. The van der Waals surface area contributed by atoms with Crippen LogP contribution in [0.5, 0.6) is 11.5 Å². The molecule has 1 atom stereocenters. The second kappa shape index (κ2) is 6.85. The Labute approximate surface area is 128 Å². The van der Waals surface area contributed by atoms with Crippen LogP contribution in [0.3, 0.4) is 0 Å². The maximum atomic E-state index is 12.1. The number of likely N-dealkylation sites (tertiary alicyclic amines) is 1. The molecule has 114 valence electrons. The minimum atomic E-state index is 0.0478. The molecule has 1 aliphatic heterocycles. The third-order valence-electron chi connectivity index (χ3n) is 3.36. The number of ether oxygens (including phenoxy) is 2. The van der Waals surface area contributed by atoms with E-state index >= 15 is 0 Å². The molecule has 1 aliphatic rings. The quantitative estimate of drug-likeness (QED) is 0.833. The van der Waals surface area contributed by atoms with Crippen LogP contribution in [0.2, 0.25) is 0 Å². The van der Waals surface area contributed by atoms with Crippen molar-refractivity contribution in [2.75, 3.05) is 20.8 Å². The van der Waals surface area contributed by atoms with Crippen LogP contribution in [0.1, 0.15) is 18.9 Å². The van der Waals surface area contributed by atoms with E-state index in [0.717, 1.165) is 17.1 Å². The van der Waals surface area contributed by atoms with Gasteiger partial charge < -0.3 is 14.4 Å². The predicted octanol–water partition coefficient (Wildman–Crippen LogP) is 2.08. The minimum Gasteiger partial charge on any atom is -0.497 e. The summed E-state index contributed by atoms with van der Waals surface area (Å²) in [6, 6.07) is 5.52. The standard InChI is InChI=1S/C15H19NO4S/c1-10(17)21-13-7-15(18)16(9-13)8-11-6-12(19-2)4-5-14(11)20-3/h4-6,13H,7-9H2,1-3H3. The van der Waals surface area contributed by atoms with Gasteiger partial charge in [-0.25, -0.2) is 0 Å². The van der Waals surface area contributed by atoms with Crippen LogP contribution >= 0.6 is 11.8 Å². The molecule has 1 saturated heterocycles. The molecule has 1 aromatic carbocycles. The summed E-state index contributed by atoms with van der Waals surface area (Å²) in [6.07, 6.45) is 0.413. The Hall–Kier alpha value is -1.69. The number of hydrogen-bond acceptors (Lipinski definition) is 5. The molecule has 1 unspecified atom stereocenters. The van der Waals surface area contributed by atoms with Crippen LogP contribution in [-0.4, -0.2) is 41.9 Å². The maximum absolute atomic E-state index is 12.1. The first kappa shape index (κ1) is 15.7. The molecule has 0 N–H and O–H groups in total. The summed E-state index contributed by atoms with van der Waals surface area (Å²) in [4.78, 5) is 25.0. The molecular weight excluding hydrogens is 290 g/mol. The van der Waals surface area contributed by atoms with E-state index in [1.54, 1.807) is 19.1 Å². The fourth-order valence-corrected chi connectivity index (χ4v) is 3.36. The summed E-state index contributed by atoms with van der Waals surface area (Å²) in [5, 5.41) is 0.0974. The topological polar surface area (TPSA) is 55.8 Å². The van der Waals surface area contributed by atoms with Gasteiger partial charge in [-0.1, -0.05) is 11.8 Å². The number of hydrogen-bond donors (Lipinski definition) is 0. The van der Waals surface area contributed by atoms with E-state index in [0.29, 0.717) is 19.5 Å². The van der Waals surface area contributed by atoms with E-state index in [1.807, 2.05) is 18.2 Å². The SMILES string of the molecule is COc1ccc(OC)c(CN2CC(SC(C)=O)CC2=O)c1. The molecular formula is C15H19NO4S. The average Bonchev–Trinajstić information content (AvgIpc) is 2.77. The lowest BCUT2D eigenvalue weighted by Crippen LogP contribution is -2.25. The Kier molecular flexibility index (Phi) is 5.12. The van der Waals surface area contributed by atoms with Crippen molar-refractivity contribution in [1.29, 1.82) is 0 Å². The van der Waals surface area contributed by atoms with E-state index in [2.05, 4.69) is 0 Å². The zero-order valence-corrected chi connectivity index (χ0v) is 13.2. The highest BCUT2D eigenvalue weighted by atomic mass is 32.2. The van der Waals surface area contributed by atoms with Crippen molar-refractivity contribution in [2.45, 2.75) is 25.1 Å². The number of methoxy groups -OCH3 is 2. The molecule has 2 rings (SSSR count). The lowest BCUT2D eigenvalue weighted by Gasteiger charge is -2.18. The van der Waals surface area contributed by atoms with Gasteiger partial charge in [0.25, 0.3) is 0 Å². The van der Waals surface area contributed by atoms with Crippen molar-refractivity contribution in [1.82, 2.24) is 4.90 Å². The molecule has 1 fully saturated rings. The Morgan fingerprint density at radius 2 is 2.14 bits per heavy atom. The second-order valence-electron chi connectivity index (χ2n) is 4.89. The second-order valence-corrected chi connectivity index (χ2v) is 6.36. The maximum Gasteiger partial charge on any atom is 0.224 e. The number of amides is 1. The molecule has 0 radical (unpaired) electrons. The van der Waals surface area contributed by atoms with Crippen molar-refractivity contribution in [3.63, 3.8) is 0 Å². The van der Waals surface area contributed by atoms with Crippen LogP contribution in [0.4, 0.5) is 0 Å². The number of nitrogens with zero attached hydrogens (tertiary/aromatic N) is 1. The largest absolute Gasteiger partial charge is 0.497 e. The normalized spacial score (nSPS) is 18.0. The summed E-state index contributed by atoms with van der Waals surface area (Å²) < 4.78 is 10.5. The molecule has 6 heteroatoms. The van der Waals surface area contributed by atoms with Crippen LogP contribution in [0.25, 0.3) is 0 Å². The van der Waals surface area contributed by atoms with E-state index in [1.165, 1.54) is 18.7 Å². The van der Waals surface area contributed by atoms with Gasteiger partial charge >= 0.3 is 0 Å². The molecule has 5 nitrogen and oxygen atoms in total. The van der Waals surface area contributed by atoms with Gasteiger partial charge in [0.2, 0.25) is 5.91 Å². The third-order valence-corrected chi connectivity index (χ3v) is 4.34. The molecule has 21 heavy (non-hydrogen) atoms. The highest BCUT2D eigenvalue weighted by Gasteiger charge is 2.31. The molecule has 0 aliphatic carbocycles. The van der Waals surface area contributed by atoms with Gasteiger partial charge in [0.1, 0.15) is 11.5 Å². The first-order chi connectivity index (χ1) is 10.0. The zero-order chi connectivity index (χ0) is 15.4. The number of carbonyl (C=O) groups is 2. The molecule has 0 bridgehead atoms. The first-order valence-electron chi connectivity index (χ1n) is 6.69. The molecule has 0 saturated carbocycles. The summed E-state index contributed by atoms with van der Waals surface area (Å²) in [7, 11) is 3.21. The fourth-order valence-electron chi connectivity index (χ4n) is 2.41. The van der Waals surface area contributed by atoms with Crippen molar-refractivity contribution in [2.24, 2.45) is 0 Å². The Bertz CT molecular complexity index is 546. The summed E-state index contributed by atoms with van der Waals surface area (Å²) in [6.45, 7) is 2.58. The Morgan fingerprint density at radius 3 is 2.76 bits per heavy atom. The highest BCUT2D eigenvalue weighted by molar-refractivity contribution is 8.14. The summed E-state index contributed by atoms with van der Waals surface area (Å²) in [5.41, 5.74) is 0.902. The van der Waals surface area contributed by atoms with E-state index in [9.17, 15) is 9.59 Å². The van der Waals surface area contributed by atoms with E-state index in [4.69, 9.17) is 9.47 Å². The van der Waals surface area contributed by atoms with E-state index in [-0.39, 0.29) is 16.3 Å². The van der Waals surface area contributed by atoms with Gasteiger partial charge in [-0.15, -0.1) is 0 Å². The first-order valence-corrected chi connectivity index (χ1v) is 7.57. The number of carbonyl (C=O) groups excluding carboxylic acids is 2. The van der Waals surface area contributed by atoms with Crippen LogP contribution in [0.15, 0.2) is 18.2 Å². The lowest BCUT2D eigenvalue weighted by molar-refractivity contribution is -0.128. The highest BCUT2D eigenvalue weighted by Crippen LogP contribution is 2.29. The van der Waals surface area contributed by atoms with Crippen molar-refractivity contribution in [3.8, 4) is 11.5 Å². The van der Waals surface area contributed by atoms with Crippen molar-refractivity contribution < 1.29 is 19.1 Å². The molecule has 0 spiro atoms. The van der Waals surface area contributed by atoms with E-state index < -0.39 is 0 Å². The predicted molar refractivity (Wildman–Crippen MR) is 81.6 cm³/mol. The van der Waals surface area contributed by atoms with Crippen molar-refractivity contribution >= 4 is 22.8 Å². The van der Waals surface area contributed by atoms with Crippen LogP contribution in [0, 0.1) is 0 Å². The van der Waals surface area contributed by atoms with Crippen LogP contribution in [-0.2, 0) is 16.1 Å². The number of rotatable bonds is 5. The molecule has 1 amide bonds. The summed E-state index contributed by atoms with van der Waals surface area (Å²) >= 11 is 1.24. The third kappa shape index (κ3) is 3.91. The van der Waals surface area contributed by atoms with Gasteiger partial charge in [-0.2, -0.15) is 0 Å². The molecule has 1 heterocycles. The smallest absolute Gasteiger partial charge is 0.224 e. The molecule has 0 aromatic heterocycles. The summed E-state index contributed by atoms with van der Waals surface area (Å²) in [5.74, 6) is 1.53. The van der Waals surface area contributed by atoms with Gasteiger partial charge in [0.15, 0.2) is 5.12 Å². The fraction of sp³-hybridized carbons (Fsp3) is 0.467. The van der Waals surface area contributed by atoms with Crippen LogP contribution < -0.4 is 9.47 Å². The van der Waals surface area contributed by atoms with Crippen molar-refractivity contribution in [3.05, 3.63) is 23.8 Å². The monoisotopic (exact) mass is 309 g/mol. The van der Waals surface area contributed by atoms with Gasteiger partial charge in [-0.3, -0.25) is 9.59 Å². The van der Waals surface area contributed by atoms with Gasteiger partial charge in [-0.05, 0) is 18.2 Å². The minimum absolute atomic E-state index is 0.0478. The number of benzene rings is 1. The average molecular weight is 309 g/mol. The molecule has 1 aromatic rings.